The van der Waals surface area contributed by atoms with E-state index in [1.807, 2.05) is 13.0 Å². The SMILES string of the molecule is CCOC(=O)C1=C(COC(=O)c2c(NC(C)=O)sc(C)c2C)NC(=O)NC1c1ccccc1. The molecule has 174 valence electrons. The van der Waals surface area contributed by atoms with Crippen molar-refractivity contribution >= 4 is 40.2 Å². The Morgan fingerprint density at radius 1 is 1.09 bits per heavy atom. The van der Waals surface area contributed by atoms with Crippen LogP contribution in [0.1, 0.15) is 46.3 Å². The molecule has 1 aliphatic rings. The smallest absolute Gasteiger partial charge is 0.341 e. The fraction of sp³-hybridized carbons (Fsp3) is 0.304. The van der Waals surface area contributed by atoms with Gasteiger partial charge in [-0.15, -0.1) is 11.3 Å². The number of esters is 2. The molecule has 2 aromatic rings. The van der Waals surface area contributed by atoms with Crippen LogP contribution in [0.15, 0.2) is 41.6 Å². The monoisotopic (exact) mass is 471 g/mol. The van der Waals surface area contributed by atoms with Gasteiger partial charge >= 0.3 is 18.0 Å². The molecule has 0 saturated heterocycles. The lowest BCUT2D eigenvalue weighted by molar-refractivity contribution is -0.139. The van der Waals surface area contributed by atoms with Gasteiger partial charge in [0, 0.05) is 11.8 Å². The van der Waals surface area contributed by atoms with Crippen LogP contribution in [-0.2, 0) is 19.1 Å². The minimum Gasteiger partial charge on any atom is -0.463 e. The maximum atomic E-state index is 12.9. The Morgan fingerprint density at radius 2 is 1.79 bits per heavy atom. The lowest BCUT2D eigenvalue weighted by Gasteiger charge is -2.29. The van der Waals surface area contributed by atoms with E-state index in [4.69, 9.17) is 9.47 Å². The van der Waals surface area contributed by atoms with E-state index >= 15 is 0 Å². The molecular weight excluding hydrogens is 446 g/mol. The van der Waals surface area contributed by atoms with Gasteiger partial charge in [-0.3, -0.25) is 4.79 Å². The minimum atomic E-state index is -0.771. The molecule has 10 heteroatoms. The number of aryl methyl sites for hydroxylation is 1. The first-order chi connectivity index (χ1) is 15.7. The van der Waals surface area contributed by atoms with Gasteiger partial charge in [-0.2, -0.15) is 0 Å². The lowest BCUT2D eigenvalue weighted by Crippen LogP contribution is -2.47. The van der Waals surface area contributed by atoms with E-state index in [9.17, 15) is 19.2 Å². The van der Waals surface area contributed by atoms with Gasteiger partial charge < -0.3 is 25.4 Å². The number of benzene rings is 1. The van der Waals surface area contributed by atoms with Crippen molar-refractivity contribution in [3.8, 4) is 0 Å². The third-order valence-corrected chi connectivity index (χ3v) is 6.13. The van der Waals surface area contributed by atoms with E-state index < -0.39 is 24.0 Å². The molecule has 3 N–H and O–H groups in total. The van der Waals surface area contributed by atoms with Crippen molar-refractivity contribution in [2.24, 2.45) is 0 Å². The Labute approximate surface area is 195 Å². The molecule has 0 bridgehead atoms. The maximum absolute atomic E-state index is 12.9. The summed E-state index contributed by atoms with van der Waals surface area (Å²) in [5, 5.41) is 8.32. The van der Waals surface area contributed by atoms with Crippen molar-refractivity contribution < 1.29 is 28.7 Å². The average Bonchev–Trinajstić information content (AvgIpc) is 3.04. The number of carbonyl (C=O) groups is 4. The van der Waals surface area contributed by atoms with Gasteiger partial charge in [-0.05, 0) is 31.9 Å². The number of carbonyl (C=O) groups excluding carboxylic acids is 4. The van der Waals surface area contributed by atoms with Crippen LogP contribution in [-0.4, -0.2) is 37.1 Å². The Morgan fingerprint density at radius 3 is 2.42 bits per heavy atom. The molecule has 2 heterocycles. The molecule has 3 amide bonds. The zero-order valence-electron chi connectivity index (χ0n) is 18.7. The van der Waals surface area contributed by atoms with Crippen LogP contribution < -0.4 is 16.0 Å². The number of anilines is 1. The first kappa shape index (κ1) is 24.0. The molecule has 0 spiro atoms. The van der Waals surface area contributed by atoms with Gasteiger partial charge in [0.2, 0.25) is 5.91 Å². The normalized spacial score (nSPS) is 15.4. The lowest BCUT2D eigenvalue weighted by atomic mass is 9.95. The maximum Gasteiger partial charge on any atom is 0.341 e. The number of rotatable bonds is 7. The van der Waals surface area contributed by atoms with E-state index in [0.717, 1.165) is 4.88 Å². The second-order valence-corrected chi connectivity index (χ2v) is 8.52. The average molecular weight is 472 g/mol. The number of hydrogen-bond donors (Lipinski definition) is 3. The number of amides is 3. The van der Waals surface area contributed by atoms with Crippen LogP contribution in [0, 0.1) is 13.8 Å². The Bertz CT molecular complexity index is 1120. The second kappa shape index (κ2) is 10.3. The van der Waals surface area contributed by atoms with Gasteiger partial charge in [-0.25, -0.2) is 14.4 Å². The van der Waals surface area contributed by atoms with Crippen molar-refractivity contribution in [3.63, 3.8) is 0 Å². The Balaban J connectivity index is 1.94. The van der Waals surface area contributed by atoms with E-state index in [-0.39, 0.29) is 36.0 Å². The number of thiophene rings is 1. The number of ether oxygens (including phenoxy) is 2. The molecule has 3 rings (SSSR count). The summed E-state index contributed by atoms with van der Waals surface area (Å²) in [5.74, 6) is -1.62. The van der Waals surface area contributed by atoms with Crippen molar-refractivity contribution in [2.75, 3.05) is 18.5 Å². The molecule has 1 unspecified atom stereocenters. The fourth-order valence-corrected chi connectivity index (χ4v) is 4.50. The summed E-state index contributed by atoms with van der Waals surface area (Å²) in [4.78, 5) is 50.4. The highest BCUT2D eigenvalue weighted by Crippen LogP contribution is 2.33. The van der Waals surface area contributed by atoms with E-state index in [1.54, 1.807) is 38.1 Å². The van der Waals surface area contributed by atoms with E-state index in [1.165, 1.54) is 18.3 Å². The van der Waals surface area contributed by atoms with Crippen LogP contribution in [0.25, 0.3) is 0 Å². The molecular formula is C23H25N3O6S. The predicted molar refractivity (Wildman–Crippen MR) is 123 cm³/mol. The molecule has 0 saturated carbocycles. The zero-order valence-corrected chi connectivity index (χ0v) is 19.6. The summed E-state index contributed by atoms with van der Waals surface area (Å²) in [5.41, 5.74) is 1.88. The quantitative estimate of drug-likeness (QED) is 0.532. The second-order valence-electron chi connectivity index (χ2n) is 7.30. The molecule has 33 heavy (non-hydrogen) atoms. The summed E-state index contributed by atoms with van der Waals surface area (Å²) in [6, 6.07) is 7.64. The third kappa shape index (κ3) is 5.40. The van der Waals surface area contributed by atoms with Gasteiger partial charge in [-0.1, -0.05) is 30.3 Å². The highest BCUT2D eigenvalue weighted by molar-refractivity contribution is 7.16. The summed E-state index contributed by atoms with van der Waals surface area (Å²) in [6.07, 6.45) is 0. The van der Waals surface area contributed by atoms with Gasteiger partial charge in [0.15, 0.2) is 0 Å². The first-order valence-electron chi connectivity index (χ1n) is 10.3. The number of hydrogen-bond acceptors (Lipinski definition) is 7. The predicted octanol–water partition coefficient (Wildman–Crippen LogP) is 3.35. The van der Waals surface area contributed by atoms with Crippen LogP contribution in [0.2, 0.25) is 0 Å². The van der Waals surface area contributed by atoms with Crippen molar-refractivity contribution in [3.05, 3.63) is 63.2 Å². The molecule has 9 nitrogen and oxygen atoms in total. The summed E-state index contributed by atoms with van der Waals surface area (Å²) < 4.78 is 10.7. The molecule has 1 aromatic heterocycles. The zero-order chi connectivity index (χ0) is 24.1. The van der Waals surface area contributed by atoms with Crippen molar-refractivity contribution in [1.29, 1.82) is 0 Å². The molecule has 0 radical (unpaired) electrons. The van der Waals surface area contributed by atoms with Crippen LogP contribution in [0.5, 0.6) is 0 Å². The van der Waals surface area contributed by atoms with Gasteiger partial charge in [0.1, 0.15) is 11.6 Å². The molecule has 1 aliphatic heterocycles. The largest absolute Gasteiger partial charge is 0.463 e. The summed E-state index contributed by atoms with van der Waals surface area (Å²) in [7, 11) is 0. The Kier molecular flexibility index (Phi) is 7.49. The molecule has 0 fully saturated rings. The number of nitrogens with one attached hydrogen (secondary N) is 3. The van der Waals surface area contributed by atoms with Crippen molar-refractivity contribution in [2.45, 2.75) is 33.7 Å². The standard InChI is InChI=1S/C23H25N3O6S/c1-5-31-22(29)18-16(25-23(30)26-19(18)15-9-7-6-8-10-15)11-32-21(28)17-12(2)13(3)33-20(17)24-14(4)27/h6-10,19H,5,11H2,1-4H3,(H,24,27)(H2,25,26,30). The van der Waals surface area contributed by atoms with Crippen LogP contribution in [0.3, 0.4) is 0 Å². The van der Waals surface area contributed by atoms with Crippen LogP contribution >= 0.6 is 11.3 Å². The van der Waals surface area contributed by atoms with E-state index in [2.05, 4.69) is 16.0 Å². The molecule has 0 aliphatic carbocycles. The van der Waals surface area contributed by atoms with Gasteiger partial charge in [0.25, 0.3) is 0 Å². The first-order valence-corrected chi connectivity index (χ1v) is 11.1. The molecule has 1 atom stereocenters. The number of urea groups is 1. The van der Waals surface area contributed by atoms with E-state index in [0.29, 0.717) is 16.1 Å². The third-order valence-electron chi connectivity index (χ3n) is 5.01. The summed E-state index contributed by atoms with van der Waals surface area (Å²) in [6.45, 7) is 6.39. The highest BCUT2D eigenvalue weighted by Gasteiger charge is 2.34. The van der Waals surface area contributed by atoms with Crippen LogP contribution in [0.4, 0.5) is 9.80 Å². The highest BCUT2D eigenvalue weighted by atomic mass is 32.1. The Hall–Kier alpha value is -3.66. The molecule has 1 aromatic carbocycles. The van der Waals surface area contributed by atoms with Crippen molar-refractivity contribution in [1.82, 2.24) is 10.6 Å². The minimum absolute atomic E-state index is 0.130. The fourth-order valence-electron chi connectivity index (χ4n) is 3.41. The van der Waals surface area contributed by atoms with Gasteiger partial charge in [0.05, 0.1) is 29.5 Å². The summed E-state index contributed by atoms with van der Waals surface area (Å²) >= 11 is 1.27. The topological polar surface area (TPSA) is 123 Å².